The predicted octanol–water partition coefficient (Wildman–Crippen LogP) is 19.1. The second kappa shape index (κ2) is 52.3. The minimum absolute atomic E-state index is 0.334. The molecule has 2 unspecified atom stereocenters. The van der Waals surface area contributed by atoms with Crippen molar-refractivity contribution in [2.24, 2.45) is 0 Å². The van der Waals surface area contributed by atoms with E-state index in [0.717, 1.165) is 37.2 Å². The van der Waals surface area contributed by atoms with E-state index in [2.05, 4.69) is 20.8 Å². The van der Waals surface area contributed by atoms with Crippen LogP contribution in [0.2, 0.25) is 0 Å². The molecule has 0 aliphatic rings. The van der Waals surface area contributed by atoms with Crippen LogP contribution in [0, 0.1) is 0 Å². The lowest BCUT2D eigenvalue weighted by atomic mass is 10.0. The van der Waals surface area contributed by atoms with Gasteiger partial charge in [0.05, 0.1) is 6.61 Å². The summed E-state index contributed by atoms with van der Waals surface area (Å²) in [5.74, 6) is 0. The third-order valence-corrected chi connectivity index (χ3v) is 13.4. The molecule has 59 heavy (non-hydrogen) atoms. The molecule has 0 fully saturated rings. The Balaban J connectivity index is 4.18. The van der Waals surface area contributed by atoms with Gasteiger partial charge in [0, 0.05) is 18.1 Å². The molecule has 3 nitrogen and oxygen atoms in total. The van der Waals surface area contributed by atoms with Crippen LogP contribution in [0.4, 0.5) is 0 Å². The van der Waals surface area contributed by atoms with Crippen molar-refractivity contribution in [2.45, 2.75) is 328 Å². The minimum atomic E-state index is -0.661. The number of ether oxygens (including phenoxy) is 2. The lowest BCUT2D eigenvalue weighted by molar-refractivity contribution is -0.0442. The number of aliphatic hydroxyl groups is 1. The third-order valence-electron chi connectivity index (χ3n) is 12.9. The van der Waals surface area contributed by atoms with Crippen molar-refractivity contribution in [2.75, 3.05) is 19.8 Å². The molecule has 0 saturated heterocycles. The minimum Gasteiger partial charge on any atom is -0.388 e. The zero-order chi connectivity index (χ0) is 42.8. The molecule has 0 spiro atoms. The van der Waals surface area contributed by atoms with Crippen molar-refractivity contribution in [1.29, 1.82) is 0 Å². The molecule has 0 saturated carbocycles. The van der Waals surface area contributed by atoms with Crippen molar-refractivity contribution in [3.63, 3.8) is 0 Å². The summed E-state index contributed by atoms with van der Waals surface area (Å²) in [5, 5.41) is 11.2. The van der Waals surface area contributed by atoms with E-state index in [0.29, 0.717) is 13.2 Å². The van der Waals surface area contributed by atoms with Crippen LogP contribution in [0.1, 0.15) is 316 Å². The van der Waals surface area contributed by atoms with Crippen molar-refractivity contribution < 1.29 is 14.6 Å². The van der Waals surface area contributed by atoms with Crippen molar-refractivity contribution in [3.8, 4) is 0 Å². The molecule has 0 radical (unpaired) electrons. The van der Waals surface area contributed by atoms with Crippen LogP contribution in [-0.2, 0) is 9.47 Å². The normalized spacial score (nSPS) is 12.7. The molecule has 0 amide bonds. The Hall–Kier alpha value is -0.0300. The summed E-state index contributed by atoms with van der Waals surface area (Å²) in [6, 6.07) is 0. The van der Waals surface area contributed by atoms with Gasteiger partial charge in [0.1, 0.15) is 12.2 Å². The van der Waals surface area contributed by atoms with E-state index in [1.54, 1.807) is 0 Å². The maximum absolute atomic E-state index is 11.2. The number of rotatable bonds is 53. The van der Waals surface area contributed by atoms with Crippen LogP contribution in [0.25, 0.3) is 0 Å². The van der Waals surface area contributed by atoms with Gasteiger partial charge in [0.2, 0.25) is 0 Å². The van der Waals surface area contributed by atoms with Gasteiger partial charge in [-0.3, -0.25) is 0 Å². The highest BCUT2D eigenvalue weighted by molar-refractivity contribution is 7.80. The first kappa shape index (κ1) is 59.0. The van der Waals surface area contributed by atoms with Gasteiger partial charge in [-0.05, 0) is 25.7 Å². The molecule has 0 rings (SSSR count). The first-order valence-corrected chi connectivity index (χ1v) is 28.0. The van der Waals surface area contributed by atoms with Crippen LogP contribution in [0.5, 0.6) is 0 Å². The van der Waals surface area contributed by atoms with Crippen LogP contribution in [0.15, 0.2) is 0 Å². The van der Waals surface area contributed by atoms with Crippen LogP contribution >= 0.6 is 12.2 Å². The smallest absolute Gasteiger partial charge is 0.117 e. The average Bonchev–Trinajstić information content (AvgIpc) is 3.24. The van der Waals surface area contributed by atoms with Crippen molar-refractivity contribution in [1.82, 2.24) is 0 Å². The van der Waals surface area contributed by atoms with Crippen molar-refractivity contribution in [3.05, 3.63) is 0 Å². The molecular formula is C55H110O3S. The van der Waals surface area contributed by atoms with E-state index < -0.39 is 6.10 Å². The van der Waals surface area contributed by atoms with E-state index >= 15 is 0 Å². The van der Waals surface area contributed by atoms with Crippen molar-refractivity contribution >= 4 is 17.1 Å². The van der Waals surface area contributed by atoms with E-state index in [-0.39, 0.29) is 6.10 Å². The van der Waals surface area contributed by atoms with Gasteiger partial charge >= 0.3 is 0 Å². The van der Waals surface area contributed by atoms with Gasteiger partial charge < -0.3 is 14.6 Å². The fourth-order valence-electron chi connectivity index (χ4n) is 8.78. The topological polar surface area (TPSA) is 38.7 Å². The lowest BCUT2D eigenvalue weighted by Gasteiger charge is -2.24. The zero-order valence-corrected chi connectivity index (χ0v) is 41.8. The highest BCUT2D eigenvalue weighted by atomic mass is 32.1. The summed E-state index contributed by atoms with van der Waals surface area (Å²) >= 11 is 5.94. The number of aliphatic hydroxyl groups excluding tert-OH is 1. The van der Waals surface area contributed by atoms with Crippen LogP contribution < -0.4 is 0 Å². The zero-order valence-electron chi connectivity index (χ0n) is 41.0. The molecule has 2 atom stereocenters. The SMILES string of the molecule is CCCCCCCCCCCCCCCCCCOCC(O)C(OCCCCCCCCCCCCCCCCCC)C(=S)CCCCCCCCCCCCCCC. The van der Waals surface area contributed by atoms with Crippen LogP contribution in [-0.4, -0.2) is 42.0 Å². The molecule has 0 heterocycles. The summed E-state index contributed by atoms with van der Waals surface area (Å²) in [4.78, 5) is 0.906. The highest BCUT2D eigenvalue weighted by Gasteiger charge is 2.24. The third kappa shape index (κ3) is 47.3. The Labute approximate surface area is 378 Å². The molecule has 4 heteroatoms. The maximum atomic E-state index is 11.2. The number of thiocarbonyl (C=S) groups is 1. The molecule has 0 aliphatic carbocycles. The van der Waals surface area contributed by atoms with Crippen LogP contribution in [0.3, 0.4) is 0 Å². The summed E-state index contributed by atoms with van der Waals surface area (Å²) in [6.07, 6.45) is 61.4. The monoisotopic (exact) mass is 851 g/mol. The van der Waals surface area contributed by atoms with Gasteiger partial charge in [0.15, 0.2) is 0 Å². The van der Waals surface area contributed by atoms with Gasteiger partial charge in [-0.25, -0.2) is 0 Å². The molecule has 0 bridgehead atoms. The lowest BCUT2D eigenvalue weighted by Crippen LogP contribution is -2.39. The summed E-state index contributed by atoms with van der Waals surface area (Å²) in [5.41, 5.74) is 0. The standard InChI is InChI=1S/C55H110O3S/c1-4-7-10-13-16-19-22-25-27-29-32-35-38-41-44-47-50-57-52-53(56)55(54(59)49-46-43-40-37-34-31-24-21-18-15-12-9-6-3)58-51-48-45-42-39-36-33-30-28-26-23-20-17-14-11-8-5-2/h53,55-56H,4-52H2,1-3H3. The van der Waals surface area contributed by atoms with Gasteiger partial charge in [-0.2, -0.15) is 0 Å². The highest BCUT2D eigenvalue weighted by Crippen LogP contribution is 2.18. The van der Waals surface area contributed by atoms with E-state index in [1.807, 2.05) is 0 Å². The molecule has 0 aliphatic heterocycles. The largest absolute Gasteiger partial charge is 0.388 e. The molecular weight excluding hydrogens is 741 g/mol. The first-order chi connectivity index (χ1) is 29.2. The second-order valence-electron chi connectivity index (χ2n) is 19.0. The first-order valence-electron chi connectivity index (χ1n) is 27.6. The summed E-state index contributed by atoms with van der Waals surface area (Å²) < 4.78 is 12.4. The van der Waals surface area contributed by atoms with E-state index in [9.17, 15) is 5.11 Å². The fourth-order valence-corrected chi connectivity index (χ4v) is 9.15. The molecule has 0 aromatic rings. The molecule has 354 valence electrons. The summed E-state index contributed by atoms with van der Waals surface area (Å²) in [7, 11) is 0. The predicted molar refractivity (Wildman–Crippen MR) is 269 cm³/mol. The molecule has 0 aromatic carbocycles. The maximum Gasteiger partial charge on any atom is 0.117 e. The number of hydrogen-bond acceptors (Lipinski definition) is 4. The summed E-state index contributed by atoms with van der Waals surface area (Å²) in [6.45, 7) is 8.65. The average molecular weight is 852 g/mol. The molecule has 0 aromatic heterocycles. The fraction of sp³-hybridized carbons (Fsp3) is 0.982. The Morgan fingerprint density at radius 2 is 0.576 bits per heavy atom. The van der Waals surface area contributed by atoms with Gasteiger partial charge in [-0.15, -0.1) is 0 Å². The quantitative estimate of drug-likeness (QED) is 0.0489. The Kier molecular flexibility index (Phi) is 52.3. The Bertz CT molecular complexity index is 773. The number of unbranched alkanes of at least 4 members (excludes halogenated alkanes) is 42. The Morgan fingerprint density at radius 1 is 0.339 bits per heavy atom. The Morgan fingerprint density at radius 3 is 0.864 bits per heavy atom. The second-order valence-corrected chi connectivity index (χ2v) is 19.5. The van der Waals surface area contributed by atoms with E-state index in [1.165, 1.54) is 270 Å². The van der Waals surface area contributed by atoms with Gasteiger partial charge in [0.25, 0.3) is 0 Å². The molecule has 1 N–H and O–H groups in total. The number of hydrogen-bond donors (Lipinski definition) is 1. The van der Waals surface area contributed by atoms with E-state index in [4.69, 9.17) is 21.7 Å². The van der Waals surface area contributed by atoms with Gasteiger partial charge in [-0.1, -0.05) is 303 Å².